The first-order chi connectivity index (χ1) is 15.2. The van der Waals surface area contributed by atoms with E-state index in [2.05, 4.69) is 61.7 Å². The van der Waals surface area contributed by atoms with Crippen molar-refractivity contribution in [2.24, 2.45) is 12.0 Å². The lowest BCUT2D eigenvalue weighted by Gasteiger charge is -2.36. The fourth-order valence-electron chi connectivity index (χ4n) is 3.46. The Morgan fingerprint density at radius 3 is 2.61 bits per heavy atom. The van der Waals surface area contributed by atoms with Gasteiger partial charge >= 0.3 is 0 Å². The van der Waals surface area contributed by atoms with E-state index in [1.54, 1.807) is 7.11 Å². The number of aryl methyl sites for hydroxylation is 1. The summed E-state index contributed by atoms with van der Waals surface area (Å²) in [7, 11) is 3.71. The summed E-state index contributed by atoms with van der Waals surface area (Å²) in [4.78, 5) is 9.67. The Bertz CT molecular complexity index is 839. The summed E-state index contributed by atoms with van der Waals surface area (Å²) in [5.74, 6) is 2.71. The highest BCUT2D eigenvalue weighted by molar-refractivity contribution is 5.80. The molecule has 8 heteroatoms. The Kier molecular flexibility index (Phi) is 9.05. The molecule has 1 aliphatic rings. The average Bonchev–Trinajstić information content (AvgIpc) is 3.12. The zero-order valence-electron chi connectivity index (χ0n) is 19.0. The smallest absolute Gasteiger partial charge is 0.194 e. The Morgan fingerprint density at radius 2 is 1.94 bits per heavy atom. The third-order valence-corrected chi connectivity index (χ3v) is 5.51. The van der Waals surface area contributed by atoms with E-state index in [1.807, 2.05) is 24.6 Å². The fraction of sp³-hybridized carbons (Fsp3) is 0.522. The van der Waals surface area contributed by atoms with E-state index in [9.17, 15) is 0 Å². The highest BCUT2D eigenvalue weighted by Crippen LogP contribution is 2.06. The van der Waals surface area contributed by atoms with Crippen molar-refractivity contribution in [1.82, 2.24) is 29.9 Å². The second-order valence-electron chi connectivity index (χ2n) is 7.74. The van der Waals surface area contributed by atoms with E-state index in [1.165, 1.54) is 5.56 Å². The van der Waals surface area contributed by atoms with Crippen molar-refractivity contribution in [2.75, 3.05) is 53.0 Å². The standard InChI is InChI=1S/C23H35N7O/c1-20-26-27-22(28(20)2)19-25-23(24-12-8-18-31-3)30-16-14-29(15-17-30)13-7-11-21-9-5-4-6-10-21/h4-7,9-11H,8,12-19H2,1-3H3,(H,24,25)/b11-7+. The molecule has 0 unspecified atom stereocenters. The van der Waals surface area contributed by atoms with Crippen molar-refractivity contribution in [2.45, 2.75) is 19.9 Å². The molecule has 1 N–H and O–H groups in total. The summed E-state index contributed by atoms with van der Waals surface area (Å²) in [5.41, 5.74) is 1.25. The summed E-state index contributed by atoms with van der Waals surface area (Å²) in [5, 5.41) is 11.9. The molecule has 0 aliphatic carbocycles. The number of piperazine rings is 1. The number of hydrogen-bond donors (Lipinski definition) is 1. The molecule has 1 aromatic heterocycles. The van der Waals surface area contributed by atoms with Gasteiger partial charge in [-0.2, -0.15) is 0 Å². The van der Waals surface area contributed by atoms with Gasteiger partial charge in [-0.1, -0.05) is 42.5 Å². The van der Waals surface area contributed by atoms with Gasteiger partial charge in [-0.05, 0) is 18.9 Å². The predicted octanol–water partition coefficient (Wildman–Crippen LogP) is 1.94. The monoisotopic (exact) mass is 425 g/mol. The molecule has 1 fully saturated rings. The molecular weight excluding hydrogens is 390 g/mol. The van der Waals surface area contributed by atoms with Crippen LogP contribution in [0.25, 0.3) is 6.08 Å². The quantitative estimate of drug-likeness (QED) is 0.376. The summed E-state index contributed by atoms with van der Waals surface area (Å²) in [6, 6.07) is 10.4. The second-order valence-corrected chi connectivity index (χ2v) is 7.74. The number of ether oxygens (including phenoxy) is 1. The molecule has 0 amide bonds. The summed E-state index contributed by atoms with van der Waals surface area (Å²) in [6.45, 7) is 8.95. The molecule has 31 heavy (non-hydrogen) atoms. The van der Waals surface area contributed by atoms with Crippen molar-refractivity contribution < 1.29 is 4.74 Å². The third-order valence-electron chi connectivity index (χ3n) is 5.51. The molecule has 2 heterocycles. The van der Waals surface area contributed by atoms with Crippen LogP contribution in [0.2, 0.25) is 0 Å². The van der Waals surface area contributed by atoms with Crippen LogP contribution in [-0.2, 0) is 18.3 Å². The van der Waals surface area contributed by atoms with Crippen molar-refractivity contribution in [1.29, 1.82) is 0 Å². The molecule has 0 radical (unpaired) electrons. The molecule has 8 nitrogen and oxygen atoms in total. The van der Waals surface area contributed by atoms with Crippen LogP contribution in [0.15, 0.2) is 41.4 Å². The lowest BCUT2D eigenvalue weighted by atomic mass is 10.2. The van der Waals surface area contributed by atoms with E-state index in [0.717, 1.165) is 69.9 Å². The predicted molar refractivity (Wildman–Crippen MR) is 125 cm³/mol. The zero-order valence-corrected chi connectivity index (χ0v) is 19.0. The van der Waals surface area contributed by atoms with Gasteiger partial charge in [0.2, 0.25) is 0 Å². The van der Waals surface area contributed by atoms with Crippen LogP contribution < -0.4 is 5.32 Å². The van der Waals surface area contributed by atoms with Crippen molar-refractivity contribution in [3.8, 4) is 0 Å². The molecule has 0 atom stereocenters. The van der Waals surface area contributed by atoms with Crippen LogP contribution >= 0.6 is 0 Å². The number of benzene rings is 1. The maximum Gasteiger partial charge on any atom is 0.194 e. The molecule has 2 aromatic rings. The normalized spacial score (nSPS) is 15.7. The lowest BCUT2D eigenvalue weighted by molar-refractivity contribution is 0.189. The fourth-order valence-corrected chi connectivity index (χ4v) is 3.46. The number of hydrogen-bond acceptors (Lipinski definition) is 5. The van der Waals surface area contributed by atoms with Gasteiger partial charge in [0, 0.05) is 60.0 Å². The molecule has 0 bridgehead atoms. The van der Waals surface area contributed by atoms with Crippen LogP contribution in [0.3, 0.4) is 0 Å². The number of guanidine groups is 1. The highest BCUT2D eigenvalue weighted by Gasteiger charge is 2.19. The van der Waals surface area contributed by atoms with Crippen LogP contribution in [0.4, 0.5) is 0 Å². The molecule has 0 spiro atoms. The van der Waals surface area contributed by atoms with Gasteiger partial charge in [0.05, 0.1) is 0 Å². The summed E-state index contributed by atoms with van der Waals surface area (Å²) < 4.78 is 7.16. The maximum absolute atomic E-state index is 5.17. The molecule has 1 aliphatic heterocycles. The number of methoxy groups -OCH3 is 1. The van der Waals surface area contributed by atoms with Gasteiger partial charge in [-0.25, -0.2) is 4.99 Å². The van der Waals surface area contributed by atoms with Crippen LogP contribution in [0.5, 0.6) is 0 Å². The topological polar surface area (TPSA) is 70.8 Å². The minimum Gasteiger partial charge on any atom is -0.385 e. The second kappa shape index (κ2) is 12.2. The first-order valence-corrected chi connectivity index (χ1v) is 11.0. The van der Waals surface area contributed by atoms with Crippen molar-refractivity contribution in [3.63, 3.8) is 0 Å². The summed E-state index contributed by atoms with van der Waals surface area (Å²) >= 11 is 0. The molecule has 0 saturated carbocycles. The van der Waals surface area contributed by atoms with Gasteiger partial charge in [0.25, 0.3) is 0 Å². The first kappa shape index (κ1) is 23.0. The van der Waals surface area contributed by atoms with E-state index in [-0.39, 0.29) is 0 Å². The largest absolute Gasteiger partial charge is 0.385 e. The Balaban J connectivity index is 1.53. The average molecular weight is 426 g/mol. The Labute approximate surface area is 185 Å². The van der Waals surface area contributed by atoms with Crippen LogP contribution in [-0.4, -0.2) is 83.5 Å². The maximum atomic E-state index is 5.17. The van der Waals surface area contributed by atoms with E-state index in [0.29, 0.717) is 6.54 Å². The minimum absolute atomic E-state index is 0.518. The third kappa shape index (κ3) is 7.18. The number of aliphatic imine (C=N–C) groups is 1. The number of aromatic nitrogens is 3. The van der Waals surface area contributed by atoms with Crippen molar-refractivity contribution in [3.05, 3.63) is 53.6 Å². The Morgan fingerprint density at radius 1 is 1.16 bits per heavy atom. The van der Waals surface area contributed by atoms with E-state index in [4.69, 9.17) is 9.73 Å². The van der Waals surface area contributed by atoms with Crippen LogP contribution in [0, 0.1) is 6.92 Å². The molecule has 1 saturated heterocycles. The van der Waals surface area contributed by atoms with Gasteiger partial charge in [-0.15, -0.1) is 10.2 Å². The Hall–Kier alpha value is -2.71. The van der Waals surface area contributed by atoms with Crippen LogP contribution in [0.1, 0.15) is 23.6 Å². The summed E-state index contributed by atoms with van der Waals surface area (Å²) in [6.07, 6.45) is 5.39. The van der Waals surface area contributed by atoms with Crippen molar-refractivity contribution >= 4 is 12.0 Å². The molecule has 168 valence electrons. The molecule has 3 rings (SSSR count). The van der Waals surface area contributed by atoms with Gasteiger partial charge in [-0.3, -0.25) is 4.90 Å². The first-order valence-electron chi connectivity index (χ1n) is 11.0. The SMILES string of the molecule is COCCCNC(=NCc1nnc(C)n1C)N1CCN(C/C=C/c2ccccc2)CC1. The van der Waals surface area contributed by atoms with E-state index >= 15 is 0 Å². The van der Waals surface area contributed by atoms with E-state index < -0.39 is 0 Å². The number of nitrogens with one attached hydrogen (secondary N) is 1. The molecule has 1 aromatic carbocycles. The number of nitrogens with zero attached hydrogens (tertiary/aromatic N) is 6. The number of rotatable bonds is 9. The van der Waals surface area contributed by atoms with Gasteiger partial charge in [0.1, 0.15) is 12.4 Å². The minimum atomic E-state index is 0.518. The lowest BCUT2D eigenvalue weighted by Crippen LogP contribution is -2.52. The van der Waals surface area contributed by atoms with Gasteiger partial charge in [0.15, 0.2) is 11.8 Å². The van der Waals surface area contributed by atoms with Gasteiger partial charge < -0.3 is 19.5 Å². The molecular formula is C23H35N7O. The zero-order chi connectivity index (χ0) is 21.9. The highest BCUT2D eigenvalue weighted by atomic mass is 16.5.